The minimum atomic E-state index is -0.108. The Balaban J connectivity index is 2.75. The van der Waals surface area contributed by atoms with Gasteiger partial charge in [0.2, 0.25) is 0 Å². The molecule has 0 aliphatic rings. The van der Waals surface area contributed by atoms with Crippen molar-refractivity contribution < 1.29 is 0 Å². The van der Waals surface area contributed by atoms with Gasteiger partial charge < -0.3 is 5.73 Å². The summed E-state index contributed by atoms with van der Waals surface area (Å²) in [4.78, 5) is 1.62. The van der Waals surface area contributed by atoms with Gasteiger partial charge in [-0.15, -0.1) is 10.2 Å². The average Bonchev–Trinajstić information content (AvgIpc) is 2.32. The monoisotopic (exact) mass is 183 g/mol. The zero-order chi connectivity index (χ0) is 10.1. The van der Waals surface area contributed by atoms with Crippen molar-refractivity contribution in [2.75, 3.05) is 0 Å². The Morgan fingerprint density at radius 3 is 2.46 bits per heavy atom. The molecule has 0 fully saturated rings. The van der Waals surface area contributed by atoms with Gasteiger partial charge in [-0.2, -0.15) is 4.80 Å². The largest absolute Gasteiger partial charge is 0.328 e. The van der Waals surface area contributed by atoms with Gasteiger partial charge in [-0.25, -0.2) is 0 Å². The van der Waals surface area contributed by atoms with Crippen LogP contribution < -0.4 is 5.73 Å². The number of hydrogen-bond donors (Lipinski definition) is 1. The standard InChI is InChI=1S/C8H17N5/c1-6(9)5-7-10-12-13(11-7)8(2,3)4/h6H,5,9H2,1-4H3/t6-/m1/s1. The number of nitrogens with zero attached hydrogens (tertiary/aromatic N) is 4. The van der Waals surface area contributed by atoms with Gasteiger partial charge in [0.25, 0.3) is 0 Å². The first-order chi connectivity index (χ1) is 5.89. The summed E-state index contributed by atoms with van der Waals surface area (Å²) in [6.45, 7) is 8.02. The van der Waals surface area contributed by atoms with Crippen molar-refractivity contribution in [1.82, 2.24) is 20.2 Å². The normalized spacial score (nSPS) is 14.5. The summed E-state index contributed by atoms with van der Waals surface area (Å²) in [5, 5.41) is 12.1. The summed E-state index contributed by atoms with van der Waals surface area (Å²) < 4.78 is 0. The third-order valence-corrected chi connectivity index (χ3v) is 1.56. The quantitative estimate of drug-likeness (QED) is 0.716. The van der Waals surface area contributed by atoms with E-state index in [1.165, 1.54) is 0 Å². The lowest BCUT2D eigenvalue weighted by Gasteiger charge is -2.15. The number of aromatic nitrogens is 4. The van der Waals surface area contributed by atoms with Gasteiger partial charge in [-0.05, 0) is 32.9 Å². The van der Waals surface area contributed by atoms with Crippen molar-refractivity contribution in [1.29, 1.82) is 0 Å². The summed E-state index contributed by atoms with van der Waals surface area (Å²) in [5.41, 5.74) is 5.52. The Kier molecular flexibility index (Phi) is 2.66. The van der Waals surface area contributed by atoms with Crippen LogP contribution >= 0.6 is 0 Å². The average molecular weight is 183 g/mol. The highest BCUT2D eigenvalue weighted by molar-refractivity contribution is 4.82. The molecule has 0 aromatic carbocycles. The second-order valence-electron chi connectivity index (χ2n) is 4.35. The van der Waals surface area contributed by atoms with Crippen molar-refractivity contribution in [3.63, 3.8) is 0 Å². The highest BCUT2D eigenvalue weighted by Crippen LogP contribution is 2.09. The maximum atomic E-state index is 5.63. The van der Waals surface area contributed by atoms with Crippen molar-refractivity contribution in [2.45, 2.75) is 45.7 Å². The molecule has 1 aromatic heterocycles. The fourth-order valence-electron chi connectivity index (χ4n) is 0.897. The maximum absolute atomic E-state index is 5.63. The Morgan fingerprint density at radius 1 is 1.46 bits per heavy atom. The Morgan fingerprint density at radius 2 is 2.08 bits per heavy atom. The van der Waals surface area contributed by atoms with Crippen LogP contribution in [0.4, 0.5) is 0 Å². The van der Waals surface area contributed by atoms with E-state index in [-0.39, 0.29) is 11.6 Å². The van der Waals surface area contributed by atoms with Gasteiger partial charge in [0, 0.05) is 12.5 Å². The SMILES string of the molecule is C[C@@H](N)Cc1nnn(C(C)(C)C)n1. The van der Waals surface area contributed by atoms with Gasteiger partial charge in [-0.3, -0.25) is 0 Å². The molecule has 1 rings (SSSR count). The van der Waals surface area contributed by atoms with E-state index in [4.69, 9.17) is 5.73 Å². The zero-order valence-electron chi connectivity index (χ0n) is 8.65. The highest BCUT2D eigenvalue weighted by atomic mass is 15.6. The van der Waals surface area contributed by atoms with Gasteiger partial charge in [0.05, 0.1) is 5.54 Å². The number of nitrogens with two attached hydrogens (primary N) is 1. The van der Waals surface area contributed by atoms with Crippen LogP contribution in [0.3, 0.4) is 0 Å². The fourth-order valence-corrected chi connectivity index (χ4v) is 0.897. The van der Waals surface area contributed by atoms with Crippen LogP contribution in [-0.4, -0.2) is 26.2 Å². The number of hydrogen-bond acceptors (Lipinski definition) is 4. The van der Waals surface area contributed by atoms with Crippen LogP contribution in [0.15, 0.2) is 0 Å². The van der Waals surface area contributed by atoms with Crippen LogP contribution in [0.2, 0.25) is 0 Å². The molecule has 1 heterocycles. The van der Waals surface area contributed by atoms with Crippen molar-refractivity contribution in [3.8, 4) is 0 Å². The molecular weight excluding hydrogens is 166 g/mol. The predicted molar refractivity (Wildman–Crippen MR) is 50.2 cm³/mol. The van der Waals surface area contributed by atoms with E-state index in [0.29, 0.717) is 12.2 Å². The lowest BCUT2D eigenvalue weighted by molar-refractivity contribution is 0.305. The van der Waals surface area contributed by atoms with Crippen LogP contribution in [0.5, 0.6) is 0 Å². The Hall–Kier alpha value is -0.970. The van der Waals surface area contributed by atoms with E-state index in [1.807, 2.05) is 27.7 Å². The number of tetrazole rings is 1. The second kappa shape index (κ2) is 3.41. The van der Waals surface area contributed by atoms with Gasteiger partial charge in [0.1, 0.15) is 0 Å². The molecule has 0 amide bonds. The summed E-state index contributed by atoms with van der Waals surface area (Å²) >= 11 is 0. The molecule has 0 saturated carbocycles. The highest BCUT2D eigenvalue weighted by Gasteiger charge is 2.16. The lowest BCUT2D eigenvalue weighted by Crippen LogP contribution is -2.25. The fraction of sp³-hybridized carbons (Fsp3) is 0.875. The topological polar surface area (TPSA) is 69.6 Å². The third kappa shape index (κ3) is 2.77. The van der Waals surface area contributed by atoms with E-state index in [1.54, 1.807) is 4.80 Å². The predicted octanol–water partition coefficient (Wildman–Crippen LogP) is 0.318. The minimum absolute atomic E-state index is 0.0811. The van der Waals surface area contributed by atoms with E-state index < -0.39 is 0 Å². The summed E-state index contributed by atoms with van der Waals surface area (Å²) in [6, 6.07) is 0.0811. The van der Waals surface area contributed by atoms with E-state index in [0.717, 1.165) is 0 Å². The van der Waals surface area contributed by atoms with Crippen molar-refractivity contribution >= 4 is 0 Å². The molecule has 0 saturated heterocycles. The zero-order valence-corrected chi connectivity index (χ0v) is 8.65. The molecule has 5 heteroatoms. The molecule has 2 N–H and O–H groups in total. The van der Waals surface area contributed by atoms with Crippen LogP contribution in [0.1, 0.15) is 33.5 Å². The van der Waals surface area contributed by atoms with E-state index in [2.05, 4.69) is 15.4 Å². The van der Waals surface area contributed by atoms with Crippen LogP contribution in [0, 0.1) is 0 Å². The first-order valence-corrected chi connectivity index (χ1v) is 4.44. The minimum Gasteiger partial charge on any atom is -0.328 e. The van der Waals surface area contributed by atoms with Crippen molar-refractivity contribution in [3.05, 3.63) is 5.82 Å². The summed E-state index contributed by atoms with van der Waals surface area (Å²) in [7, 11) is 0. The van der Waals surface area contributed by atoms with Crippen LogP contribution in [-0.2, 0) is 12.0 Å². The molecule has 13 heavy (non-hydrogen) atoms. The molecule has 0 aliphatic heterocycles. The lowest BCUT2D eigenvalue weighted by atomic mass is 10.1. The molecule has 5 nitrogen and oxygen atoms in total. The molecule has 0 aliphatic carbocycles. The molecule has 0 bridgehead atoms. The molecule has 0 unspecified atom stereocenters. The molecule has 0 radical (unpaired) electrons. The second-order valence-corrected chi connectivity index (χ2v) is 4.35. The first kappa shape index (κ1) is 10.1. The van der Waals surface area contributed by atoms with E-state index >= 15 is 0 Å². The van der Waals surface area contributed by atoms with Gasteiger partial charge >= 0.3 is 0 Å². The Bertz CT molecular complexity index is 270. The number of rotatable bonds is 2. The molecular formula is C8H17N5. The smallest absolute Gasteiger partial charge is 0.176 e. The Labute approximate surface area is 78.3 Å². The van der Waals surface area contributed by atoms with E-state index in [9.17, 15) is 0 Å². The maximum Gasteiger partial charge on any atom is 0.176 e. The first-order valence-electron chi connectivity index (χ1n) is 4.44. The summed E-state index contributed by atoms with van der Waals surface area (Å²) in [6.07, 6.45) is 0.677. The molecule has 74 valence electrons. The molecule has 1 atom stereocenters. The molecule has 0 spiro atoms. The molecule has 1 aromatic rings. The summed E-state index contributed by atoms with van der Waals surface area (Å²) in [5.74, 6) is 0.713. The van der Waals surface area contributed by atoms with Crippen LogP contribution in [0.25, 0.3) is 0 Å². The van der Waals surface area contributed by atoms with Crippen molar-refractivity contribution in [2.24, 2.45) is 5.73 Å². The van der Waals surface area contributed by atoms with Gasteiger partial charge in [0.15, 0.2) is 5.82 Å². The third-order valence-electron chi connectivity index (χ3n) is 1.56. The van der Waals surface area contributed by atoms with Gasteiger partial charge in [-0.1, -0.05) is 0 Å².